The van der Waals surface area contributed by atoms with E-state index in [1.165, 1.54) is 16.9 Å². The minimum atomic E-state index is 0.349. The maximum atomic E-state index is 4.35. The van der Waals surface area contributed by atoms with E-state index in [0.29, 0.717) is 6.04 Å². The van der Waals surface area contributed by atoms with Crippen molar-refractivity contribution in [1.82, 2.24) is 20.5 Å². The summed E-state index contributed by atoms with van der Waals surface area (Å²) >= 11 is 3.09. The minimum Gasteiger partial charge on any atom is -0.310 e. The van der Waals surface area contributed by atoms with Gasteiger partial charge in [-0.15, -0.1) is 10.2 Å². The molecule has 0 aromatic carbocycles. The van der Waals surface area contributed by atoms with Gasteiger partial charge in [-0.25, -0.2) is 4.98 Å². The first-order valence-corrected chi connectivity index (χ1v) is 7.62. The molecule has 18 heavy (non-hydrogen) atoms. The van der Waals surface area contributed by atoms with Crippen LogP contribution in [0.5, 0.6) is 0 Å². The highest BCUT2D eigenvalue weighted by Crippen LogP contribution is 2.28. The Hall–Kier alpha value is -0.980. The fraction of sp³-hybridized carbons (Fsp3) is 0.417. The van der Waals surface area contributed by atoms with Crippen molar-refractivity contribution in [3.63, 3.8) is 0 Å². The Labute approximate surface area is 115 Å². The van der Waals surface area contributed by atoms with Crippen LogP contribution in [0, 0.1) is 0 Å². The number of rotatable bonds is 6. The lowest BCUT2D eigenvalue weighted by molar-refractivity contribution is 0.569. The summed E-state index contributed by atoms with van der Waals surface area (Å²) in [5.41, 5.74) is 2.99. The molecule has 0 aliphatic rings. The maximum absolute atomic E-state index is 4.35. The minimum absolute atomic E-state index is 0.349. The molecule has 4 nitrogen and oxygen atoms in total. The van der Waals surface area contributed by atoms with Crippen LogP contribution in [0.1, 0.15) is 31.9 Å². The Balaban J connectivity index is 2.05. The van der Waals surface area contributed by atoms with Crippen molar-refractivity contribution in [2.24, 2.45) is 0 Å². The van der Waals surface area contributed by atoms with Gasteiger partial charge in [-0.05, 0) is 49.3 Å². The molecule has 1 N–H and O–H groups in total. The van der Waals surface area contributed by atoms with Crippen LogP contribution in [0.2, 0.25) is 0 Å². The molecule has 2 aromatic heterocycles. The molecule has 0 radical (unpaired) electrons. The fourth-order valence-electron chi connectivity index (χ4n) is 1.53. The second-order valence-electron chi connectivity index (χ2n) is 3.91. The molecular formula is C12H16N4S2. The first-order chi connectivity index (χ1) is 8.79. The molecule has 0 fully saturated rings. The lowest BCUT2D eigenvalue weighted by atomic mass is 10.1. The summed E-state index contributed by atoms with van der Waals surface area (Å²) in [5.74, 6) is 0. The topological polar surface area (TPSA) is 50.7 Å². The van der Waals surface area contributed by atoms with Gasteiger partial charge in [-0.2, -0.15) is 0 Å². The van der Waals surface area contributed by atoms with Gasteiger partial charge in [0, 0.05) is 12.2 Å². The van der Waals surface area contributed by atoms with Crippen LogP contribution >= 0.6 is 23.1 Å². The van der Waals surface area contributed by atoms with E-state index in [9.17, 15) is 0 Å². The summed E-state index contributed by atoms with van der Waals surface area (Å²) < 4.78 is 0.925. The van der Waals surface area contributed by atoms with E-state index in [1.807, 2.05) is 6.20 Å². The monoisotopic (exact) mass is 280 g/mol. The normalized spacial score (nSPS) is 12.6. The van der Waals surface area contributed by atoms with Gasteiger partial charge in [-0.3, -0.25) is 0 Å². The third kappa shape index (κ3) is 3.76. The zero-order valence-electron chi connectivity index (χ0n) is 10.5. The van der Waals surface area contributed by atoms with Crippen molar-refractivity contribution in [3.8, 4) is 0 Å². The Bertz CT molecular complexity index is 473. The van der Waals surface area contributed by atoms with Crippen LogP contribution in [-0.2, 0) is 0 Å². The Morgan fingerprint density at radius 1 is 1.50 bits per heavy atom. The average Bonchev–Trinajstić information content (AvgIpc) is 2.89. The average molecular weight is 280 g/mol. The summed E-state index contributed by atoms with van der Waals surface area (Å²) in [4.78, 5) is 4.35. The highest BCUT2D eigenvalue weighted by molar-refractivity contribution is 8.00. The van der Waals surface area contributed by atoms with Crippen LogP contribution in [0.4, 0.5) is 0 Å². The first-order valence-electron chi connectivity index (χ1n) is 5.93. The first kappa shape index (κ1) is 13.5. The third-order valence-corrected chi connectivity index (χ3v) is 4.20. The highest BCUT2D eigenvalue weighted by Gasteiger charge is 2.07. The van der Waals surface area contributed by atoms with Crippen molar-refractivity contribution >= 4 is 23.1 Å². The Morgan fingerprint density at radius 3 is 3.11 bits per heavy atom. The summed E-state index contributed by atoms with van der Waals surface area (Å²) in [6.07, 6.45) is 2.99. The van der Waals surface area contributed by atoms with Gasteiger partial charge in [0.2, 0.25) is 0 Å². The highest BCUT2D eigenvalue weighted by atomic mass is 32.2. The van der Waals surface area contributed by atoms with Crippen molar-refractivity contribution in [1.29, 1.82) is 0 Å². The molecule has 1 unspecified atom stereocenters. The summed E-state index contributed by atoms with van der Waals surface area (Å²) in [6.45, 7) is 5.37. The molecule has 2 aromatic rings. The molecule has 0 aliphatic heterocycles. The molecule has 0 saturated carbocycles. The maximum Gasteiger partial charge on any atom is 0.180 e. The number of hydrogen-bond donors (Lipinski definition) is 1. The van der Waals surface area contributed by atoms with E-state index in [-0.39, 0.29) is 0 Å². The Kier molecular flexibility index (Phi) is 5.10. The molecule has 96 valence electrons. The molecule has 6 heteroatoms. The molecule has 0 amide bonds. The van der Waals surface area contributed by atoms with Crippen LogP contribution in [0.15, 0.2) is 33.2 Å². The number of aromatic nitrogens is 3. The largest absolute Gasteiger partial charge is 0.310 e. The van der Waals surface area contributed by atoms with E-state index in [1.54, 1.807) is 17.3 Å². The van der Waals surface area contributed by atoms with E-state index in [0.717, 1.165) is 22.3 Å². The second-order valence-corrected chi connectivity index (χ2v) is 6.01. The van der Waals surface area contributed by atoms with Gasteiger partial charge in [0.05, 0.1) is 0 Å². The molecule has 2 rings (SSSR count). The second kappa shape index (κ2) is 6.82. The van der Waals surface area contributed by atoms with E-state index in [4.69, 9.17) is 0 Å². The number of nitrogens with zero attached hydrogens (tertiary/aromatic N) is 3. The van der Waals surface area contributed by atoms with Crippen molar-refractivity contribution in [3.05, 3.63) is 29.4 Å². The number of pyridine rings is 1. The molecule has 0 aliphatic carbocycles. The van der Waals surface area contributed by atoms with Gasteiger partial charge in [0.25, 0.3) is 0 Å². The summed E-state index contributed by atoms with van der Waals surface area (Å²) in [5, 5.41) is 12.3. The van der Waals surface area contributed by atoms with E-state index >= 15 is 0 Å². The molecule has 0 spiro atoms. The Morgan fingerprint density at radius 2 is 2.39 bits per heavy atom. The number of nitrogens with one attached hydrogen (secondary N) is 1. The summed E-state index contributed by atoms with van der Waals surface area (Å²) in [6, 6.07) is 4.51. The lowest BCUT2D eigenvalue weighted by Gasteiger charge is -2.13. The molecular weight excluding hydrogens is 264 g/mol. The molecule has 0 saturated heterocycles. The van der Waals surface area contributed by atoms with Gasteiger partial charge < -0.3 is 5.32 Å². The standard InChI is InChI=1S/C12H16N4S2/c1-3-5-13-9(2)10-4-6-14-11(7-10)18-12-16-15-8-17-12/h4,6-9,13H,3,5H2,1-2H3. The van der Waals surface area contributed by atoms with E-state index in [2.05, 4.69) is 46.5 Å². The fourth-order valence-corrected chi connectivity index (χ4v) is 2.96. The van der Waals surface area contributed by atoms with E-state index < -0.39 is 0 Å². The van der Waals surface area contributed by atoms with Gasteiger partial charge in [0.15, 0.2) is 4.34 Å². The summed E-state index contributed by atoms with van der Waals surface area (Å²) in [7, 11) is 0. The predicted molar refractivity (Wildman–Crippen MR) is 75.0 cm³/mol. The molecule has 0 bridgehead atoms. The van der Waals surface area contributed by atoms with Gasteiger partial charge >= 0.3 is 0 Å². The van der Waals surface area contributed by atoms with Crippen molar-refractivity contribution < 1.29 is 0 Å². The van der Waals surface area contributed by atoms with Crippen LogP contribution < -0.4 is 5.32 Å². The smallest absolute Gasteiger partial charge is 0.180 e. The van der Waals surface area contributed by atoms with Crippen molar-refractivity contribution in [2.45, 2.75) is 35.7 Å². The number of hydrogen-bond acceptors (Lipinski definition) is 6. The zero-order valence-corrected chi connectivity index (χ0v) is 12.1. The van der Waals surface area contributed by atoms with Crippen LogP contribution in [-0.4, -0.2) is 21.7 Å². The molecule has 2 heterocycles. The lowest BCUT2D eigenvalue weighted by Crippen LogP contribution is -2.19. The van der Waals surface area contributed by atoms with Gasteiger partial charge in [0.1, 0.15) is 10.5 Å². The molecule has 1 atom stereocenters. The third-order valence-electron chi connectivity index (χ3n) is 2.49. The predicted octanol–water partition coefficient (Wildman–Crippen LogP) is 3.14. The zero-order chi connectivity index (χ0) is 12.8. The van der Waals surface area contributed by atoms with Gasteiger partial charge in [-0.1, -0.05) is 18.3 Å². The SMILES string of the molecule is CCCNC(C)c1ccnc(Sc2nncs2)c1. The van der Waals surface area contributed by atoms with Crippen LogP contribution in [0.25, 0.3) is 0 Å². The van der Waals surface area contributed by atoms with Crippen LogP contribution in [0.3, 0.4) is 0 Å². The quantitative estimate of drug-likeness (QED) is 0.881. The van der Waals surface area contributed by atoms with Crippen molar-refractivity contribution in [2.75, 3.05) is 6.54 Å².